The van der Waals surface area contributed by atoms with Crippen LogP contribution in [0.15, 0.2) is 12.1 Å². The summed E-state index contributed by atoms with van der Waals surface area (Å²) >= 11 is 6.20. The average molecular weight is 285 g/mol. The van der Waals surface area contributed by atoms with Gasteiger partial charge in [0.25, 0.3) is 0 Å². The largest absolute Gasteiger partial charge is 0.493 e. The molecule has 104 valence electrons. The predicted octanol–water partition coefficient (Wildman–Crippen LogP) is 3.15. The Hall–Kier alpha value is -1.42. The monoisotopic (exact) mass is 284 g/mol. The summed E-state index contributed by atoms with van der Waals surface area (Å²) in [6, 6.07) is 3.55. The second-order valence-corrected chi connectivity index (χ2v) is 5.28. The first-order valence-corrected chi connectivity index (χ1v) is 6.65. The zero-order chi connectivity index (χ0) is 14.0. The summed E-state index contributed by atoms with van der Waals surface area (Å²) in [4.78, 5) is 10.9. The summed E-state index contributed by atoms with van der Waals surface area (Å²) in [6.07, 6.45) is 2.72. The maximum Gasteiger partial charge on any atom is 0.306 e. The molecule has 1 N–H and O–H groups in total. The fraction of sp³-hybridized carbons (Fsp3) is 0.500. The van der Waals surface area contributed by atoms with Crippen LogP contribution >= 0.6 is 11.6 Å². The van der Waals surface area contributed by atoms with Crippen molar-refractivity contribution in [2.45, 2.75) is 32.3 Å². The third kappa shape index (κ3) is 3.53. The van der Waals surface area contributed by atoms with E-state index in [4.69, 9.17) is 26.2 Å². The Balaban J connectivity index is 2.21. The fourth-order valence-electron chi connectivity index (χ4n) is 1.80. The second-order valence-electron chi connectivity index (χ2n) is 4.87. The number of aliphatic carboxylic acids is 1. The van der Waals surface area contributed by atoms with E-state index in [-0.39, 0.29) is 6.10 Å². The van der Waals surface area contributed by atoms with Crippen molar-refractivity contribution in [2.24, 2.45) is 5.92 Å². The lowest BCUT2D eigenvalue weighted by atomic mass is 10.0. The molecule has 5 heteroatoms. The highest BCUT2D eigenvalue weighted by Gasteiger charge is 2.26. The van der Waals surface area contributed by atoms with Crippen molar-refractivity contribution < 1.29 is 19.4 Å². The molecule has 0 aromatic heterocycles. The van der Waals surface area contributed by atoms with E-state index in [9.17, 15) is 4.79 Å². The lowest BCUT2D eigenvalue weighted by molar-refractivity contribution is -0.141. The van der Waals surface area contributed by atoms with Crippen LogP contribution in [0.1, 0.15) is 25.3 Å². The van der Waals surface area contributed by atoms with E-state index in [0.717, 1.165) is 18.4 Å². The Kier molecular flexibility index (Phi) is 4.20. The van der Waals surface area contributed by atoms with Gasteiger partial charge in [-0.25, -0.2) is 0 Å². The van der Waals surface area contributed by atoms with Crippen LogP contribution in [-0.2, 0) is 11.2 Å². The lowest BCUT2D eigenvalue weighted by Gasteiger charge is -2.14. The minimum atomic E-state index is -0.826. The van der Waals surface area contributed by atoms with Crippen molar-refractivity contribution in [1.29, 1.82) is 0 Å². The van der Waals surface area contributed by atoms with Gasteiger partial charge in [-0.2, -0.15) is 0 Å². The molecule has 4 nitrogen and oxygen atoms in total. The number of hydrogen-bond acceptors (Lipinski definition) is 3. The summed E-state index contributed by atoms with van der Waals surface area (Å²) in [7, 11) is 1.55. The van der Waals surface area contributed by atoms with Gasteiger partial charge in [-0.05, 0) is 37.0 Å². The van der Waals surface area contributed by atoms with Gasteiger partial charge in [0.05, 0.1) is 24.2 Å². The van der Waals surface area contributed by atoms with Crippen LogP contribution in [0, 0.1) is 5.92 Å². The van der Waals surface area contributed by atoms with E-state index in [1.54, 1.807) is 26.2 Å². The van der Waals surface area contributed by atoms with Gasteiger partial charge in [0.15, 0.2) is 11.5 Å². The summed E-state index contributed by atoms with van der Waals surface area (Å²) < 4.78 is 11.0. The molecule has 0 amide bonds. The quantitative estimate of drug-likeness (QED) is 0.872. The summed E-state index contributed by atoms with van der Waals surface area (Å²) in [5.74, 6) is -0.172. The van der Waals surface area contributed by atoms with Gasteiger partial charge < -0.3 is 14.6 Å². The molecule has 0 bridgehead atoms. The van der Waals surface area contributed by atoms with E-state index in [1.807, 2.05) is 0 Å². The molecule has 19 heavy (non-hydrogen) atoms. The molecule has 0 aliphatic heterocycles. The smallest absolute Gasteiger partial charge is 0.306 e. The average Bonchev–Trinajstić information content (AvgIpc) is 3.15. The summed E-state index contributed by atoms with van der Waals surface area (Å²) in [5.41, 5.74) is 0.833. The maximum atomic E-state index is 10.9. The number of ether oxygens (including phenoxy) is 2. The lowest BCUT2D eigenvalue weighted by Crippen LogP contribution is -2.12. The molecule has 1 atom stereocenters. The number of carboxylic acids is 1. The van der Waals surface area contributed by atoms with Crippen molar-refractivity contribution >= 4 is 17.6 Å². The van der Waals surface area contributed by atoms with Crippen LogP contribution in [0.25, 0.3) is 0 Å². The zero-order valence-electron chi connectivity index (χ0n) is 11.0. The van der Waals surface area contributed by atoms with Gasteiger partial charge in [0, 0.05) is 0 Å². The molecule has 1 saturated carbocycles. The Morgan fingerprint density at radius 2 is 2.21 bits per heavy atom. The van der Waals surface area contributed by atoms with Crippen LogP contribution in [0.5, 0.6) is 11.5 Å². The Morgan fingerprint density at radius 3 is 2.74 bits per heavy atom. The standard InChI is InChI=1S/C14H17ClO4/c1-8(14(16)17)5-9-6-11(15)13(12(7-9)18-2)19-10-3-4-10/h6-8,10H,3-5H2,1-2H3,(H,16,17). The number of hydrogen-bond donors (Lipinski definition) is 1. The molecule has 1 aliphatic rings. The van der Waals surface area contributed by atoms with Gasteiger partial charge in [0.1, 0.15) is 0 Å². The Morgan fingerprint density at radius 1 is 1.53 bits per heavy atom. The molecule has 0 heterocycles. The minimum absolute atomic E-state index is 0.232. The first kappa shape index (κ1) is 14.0. The fourth-order valence-corrected chi connectivity index (χ4v) is 2.08. The first-order chi connectivity index (χ1) is 9.01. The van der Waals surface area contributed by atoms with E-state index >= 15 is 0 Å². The van der Waals surface area contributed by atoms with E-state index in [0.29, 0.717) is 22.9 Å². The summed E-state index contributed by atoms with van der Waals surface area (Å²) in [5, 5.41) is 9.40. The molecular weight excluding hydrogens is 268 g/mol. The number of carbonyl (C=O) groups is 1. The van der Waals surface area contributed by atoms with Gasteiger partial charge in [-0.1, -0.05) is 18.5 Å². The Bertz CT molecular complexity index is 483. The van der Waals surface area contributed by atoms with Gasteiger partial charge >= 0.3 is 5.97 Å². The molecule has 1 aliphatic carbocycles. The molecule has 0 spiro atoms. The molecule has 1 unspecified atom stereocenters. The maximum absolute atomic E-state index is 10.9. The van der Waals surface area contributed by atoms with Crippen molar-refractivity contribution in [3.05, 3.63) is 22.7 Å². The number of halogens is 1. The number of rotatable bonds is 6. The topological polar surface area (TPSA) is 55.8 Å². The molecule has 0 saturated heterocycles. The molecule has 1 fully saturated rings. The number of carboxylic acid groups (broad SMARTS) is 1. The highest BCUT2D eigenvalue weighted by molar-refractivity contribution is 6.32. The molecule has 0 radical (unpaired) electrons. The highest BCUT2D eigenvalue weighted by Crippen LogP contribution is 2.40. The van der Waals surface area contributed by atoms with Crippen molar-refractivity contribution in [1.82, 2.24) is 0 Å². The summed E-state index contributed by atoms with van der Waals surface area (Å²) in [6.45, 7) is 1.66. The minimum Gasteiger partial charge on any atom is -0.493 e. The van der Waals surface area contributed by atoms with Crippen LogP contribution in [-0.4, -0.2) is 24.3 Å². The third-order valence-electron chi connectivity index (χ3n) is 3.06. The van der Waals surface area contributed by atoms with Crippen LogP contribution in [0.2, 0.25) is 5.02 Å². The van der Waals surface area contributed by atoms with Gasteiger partial charge in [-0.15, -0.1) is 0 Å². The molecule has 1 aromatic carbocycles. The van der Waals surface area contributed by atoms with Crippen LogP contribution < -0.4 is 9.47 Å². The first-order valence-electron chi connectivity index (χ1n) is 6.27. The van der Waals surface area contributed by atoms with E-state index < -0.39 is 11.9 Å². The van der Waals surface area contributed by atoms with Gasteiger partial charge in [-0.3, -0.25) is 4.79 Å². The van der Waals surface area contributed by atoms with Crippen LogP contribution in [0.4, 0.5) is 0 Å². The third-order valence-corrected chi connectivity index (χ3v) is 3.34. The van der Waals surface area contributed by atoms with Gasteiger partial charge in [0.2, 0.25) is 0 Å². The predicted molar refractivity (Wildman–Crippen MR) is 72.2 cm³/mol. The molecule has 2 rings (SSSR count). The highest BCUT2D eigenvalue weighted by atomic mass is 35.5. The van der Waals surface area contributed by atoms with Crippen molar-refractivity contribution in [3.63, 3.8) is 0 Å². The van der Waals surface area contributed by atoms with E-state index in [1.165, 1.54) is 0 Å². The zero-order valence-corrected chi connectivity index (χ0v) is 11.7. The van der Waals surface area contributed by atoms with Crippen molar-refractivity contribution in [3.8, 4) is 11.5 Å². The molecular formula is C14H17ClO4. The van der Waals surface area contributed by atoms with Crippen LogP contribution in [0.3, 0.4) is 0 Å². The normalized spacial score (nSPS) is 15.9. The van der Waals surface area contributed by atoms with Crippen molar-refractivity contribution in [2.75, 3.05) is 7.11 Å². The number of benzene rings is 1. The SMILES string of the molecule is COc1cc(CC(C)C(=O)O)cc(Cl)c1OC1CC1. The number of methoxy groups -OCH3 is 1. The Labute approximate surface area is 117 Å². The molecule has 1 aromatic rings. The second kappa shape index (κ2) is 5.70. The van der Waals surface area contributed by atoms with E-state index in [2.05, 4.69) is 0 Å².